The Morgan fingerprint density at radius 3 is 2.42 bits per heavy atom. The molecule has 0 fully saturated rings. The maximum atomic E-state index is 12.0. The number of hydrogen-bond donors (Lipinski definition) is 2. The van der Waals surface area contributed by atoms with E-state index in [1.165, 1.54) is 0 Å². The highest BCUT2D eigenvalue weighted by molar-refractivity contribution is 5.94. The number of hydrogen-bond acceptors (Lipinski definition) is 7. The van der Waals surface area contributed by atoms with Crippen LogP contribution >= 0.6 is 0 Å². The average Bonchev–Trinajstić information content (AvgIpc) is 3.50. The average molecular weight is 572 g/mol. The molecule has 0 unspecified atom stereocenters. The summed E-state index contributed by atoms with van der Waals surface area (Å²) in [6.07, 6.45) is 1.80. The lowest BCUT2D eigenvalue weighted by Gasteiger charge is -2.19. The molecular formula is C34H33N7O2. The summed E-state index contributed by atoms with van der Waals surface area (Å²) in [6, 6.07) is 30.4. The van der Waals surface area contributed by atoms with Gasteiger partial charge < -0.3 is 15.0 Å². The number of rotatable bonds is 10. The van der Waals surface area contributed by atoms with Gasteiger partial charge in [0.1, 0.15) is 18.2 Å². The van der Waals surface area contributed by atoms with Gasteiger partial charge in [0.05, 0.1) is 23.8 Å². The van der Waals surface area contributed by atoms with Crippen LogP contribution in [0.5, 0.6) is 5.75 Å². The number of carbonyl (C=O) groups is 1. The highest BCUT2D eigenvalue weighted by Gasteiger charge is 2.13. The number of fused-ring (bicyclic) bond motifs is 2. The summed E-state index contributed by atoms with van der Waals surface area (Å²) in [6.45, 7) is 1.39. The van der Waals surface area contributed by atoms with Crippen molar-refractivity contribution in [1.82, 2.24) is 30.0 Å². The molecule has 4 aromatic carbocycles. The Kier molecular flexibility index (Phi) is 7.97. The van der Waals surface area contributed by atoms with Gasteiger partial charge in [-0.25, -0.2) is 9.97 Å². The second-order valence-electron chi connectivity index (χ2n) is 10.7. The minimum absolute atomic E-state index is 0.0557. The van der Waals surface area contributed by atoms with Crippen molar-refractivity contribution in [2.75, 3.05) is 46.2 Å². The van der Waals surface area contributed by atoms with Gasteiger partial charge in [0.25, 0.3) is 0 Å². The minimum atomic E-state index is 0.0557. The molecule has 2 N–H and O–H groups in total. The van der Waals surface area contributed by atoms with Crippen LogP contribution in [0.15, 0.2) is 97.2 Å². The Labute approximate surface area is 250 Å². The maximum absolute atomic E-state index is 12.0. The fourth-order valence-electron chi connectivity index (χ4n) is 4.79. The standard InChI is InChI=1S/C34H33N7O2/c1-40(2)32(42)22-41(3)17-18-43-28-14-16-31-29(20-28)34(36-27-13-15-30-26(19-27)21-35-39-30)38-33(37-31)25-11-9-24(10-12-25)23-7-5-4-6-8-23/h4-16,19-21H,17-18,22H2,1-3H3,(H,35,39)(H,36,37,38). The van der Waals surface area contributed by atoms with Gasteiger partial charge in [-0.05, 0) is 54.6 Å². The number of benzene rings is 4. The number of carbonyl (C=O) groups excluding carboxylic acids is 1. The van der Waals surface area contributed by atoms with Gasteiger partial charge in [0.2, 0.25) is 5.91 Å². The first-order valence-corrected chi connectivity index (χ1v) is 14.1. The molecule has 216 valence electrons. The van der Waals surface area contributed by atoms with Crippen molar-refractivity contribution in [3.8, 4) is 28.3 Å². The highest BCUT2D eigenvalue weighted by Crippen LogP contribution is 2.32. The molecule has 0 saturated carbocycles. The predicted molar refractivity (Wildman–Crippen MR) is 171 cm³/mol. The van der Waals surface area contributed by atoms with E-state index in [1.54, 1.807) is 25.2 Å². The summed E-state index contributed by atoms with van der Waals surface area (Å²) in [4.78, 5) is 25.4. The van der Waals surface area contributed by atoms with Gasteiger partial charge in [0.15, 0.2) is 5.82 Å². The van der Waals surface area contributed by atoms with Crippen molar-refractivity contribution in [3.63, 3.8) is 0 Å². The Balaban J connectivity index is 1.30. The molecule has 0 aliphatic heterocycles. The normalized spacial score (nSPS) is 11.3. The lowest BCUT2D eigenvalue weighted by atomic mass is 10.0. The zero-order valence-corrected chi connectivity index (χ0v) is 24.4. The summed E-state index contributed by atoms with van der Waals surface area (Å²) in [5.41, 5.74) is 5.86. The largest absolute Gasteiger partial charge is 0.492 e. The topological polar surface area (TPSA) is 99.3 Å². The SMILES string of the molecule is CN(CCOc1ccc2nc(-c3ccc(-c4ccccc4)cc3)nc(Nc3ccc4[nH]ncc4c3)c2c1)CC(=O)N(C)C. The molecule has 43 heavy (non-hydrogen) atoms. The van der Waals surface area contributed by atoms with Crippen molar-refractivity contribution in [3.05, 3.63) is 97.2 Å². The fraction of sp³-hybridized carbons (Fsp3) is 0.176. The van der Waals surface area contributed by atoms with Gasteiger partial charge in [-0.15, -0.1) is 0 Å². The highest BCUT2D eigenvalue weighted by atomic mass is 16.5. The van der Waals surface area contributed by atoms with E-state index in [1.807, 2.05) is 66.5 Å². The van der Waals surface area contributed by atoms with Gasteiger partial charge in [0, 0.05) is 42.7 Å². The lowest BCUT2D eigenvalue weighted by molar-refractivity contribution is -0.129. The van der Waals surface area contributed by atoms with Crippen molar-refractivity contribution in [2.45, 2.75) is 0 Å². The Hall–Kier alpha value is -5.28. The Morgan fingerprint density at radius 1 is 0.860 bits per heavy atom. The number of amides is 1. The molecule has 2 heterocycles. The summed E-state index contributed by atoms with van der Waals surface area (Å²) in [5.74, 6) is 2.06. The van der Waals surface area contributed by atoms with E-state index in [9.17, 15) is 4.79 Å². The number of anilines is 2. The first-order valence-electron chi connectivity index (χ1n) is 14.1. The quantitative estimate of drug-likeness (QED) is 0.209. The first kappa shape index (κ1) is 27.9. The van der Waals surface area contributed by atoms with Crippen LogP contribution in [-0.2, 0) is 4.79 Å². The number of likely N-dealkylation sites (N-methyl/N-ethyl adjacent to an activating group) is 2. The summed E-state index contributed by atoms with van der Waals surface area (Å²) >= 11 is 0. The van der Waals surface area contributed by atoms with E-state index < -0.39 is 0 Å². The van der Waals surface area contributed by atoms with Crippen LogP contribution in [0.25, 0.3) is 44.3 Å². The summed E-state index contributed by atoms with van der Waals surface area (Å²) in [7, 11) is 5.42. The van der Waals surface area contributed by atoms with Crippen LogP contribution < -0.4 is 10.1 Å². The van der Waals surface area contributed by atoms with Gasteiger partial charge in [-0.2, -0.15) is 5.10 Å². The zero-order chi connectivity index (χ0) is 29.8. The smallest absolute Gasteiger partial charge is 0.236 e. The number of nitrogens with zero attached hydrogens (tertiary/aromatic N) is 5. The van der Waals surface area contributed by atoms with E-state index in [2.05, 4.69) is 51.9 Å². The van der Waals surface area contributed by atoms with Gasteiger partial charge in [-0.1, -0.05) is 54.6 Å². The first-order chi connectivity index (χ1) is 20.9. The van der Waals surface area contributed by atoms with Crippen molar-refractivity contribution in [2.24, 2.45) is 0 Å². The van der Waals surface area contributed by atoms with E-state index in [-0.39, 0.29) is 5.91 Å². The molecule has 0 aliphatic rings. The third-order valence-electron chi connectivity index (χ3n) is 7.27. The molecule has 0 saturated heterocycles. The lowest BCUT2D eigenvalue weighted by Crippen LogP contribution is -2.36. The van der Waals surface area contributed by atoms with Crippen molar-refractivity contribution >= 4 is 39.2 Å². The Bertz CT molecular complexity index is 1870. The van der Waals surface area contributed by atoms with E-state index in [4.69, 9.17) is 14.7 Å². The van der Waals surface area contributed by atoms with E-state index >= 15 is 0 Å². The molecule has 2 aromatic heterocycles. The summed E-state index contributed by atoms with van der Waals surface area (Å²) < 4.78 is 6.09. The number of aromatic nitrogens is 4. The Morgan fingerprint density at radius 2 is 1.63 bits per heavy atom. The molecule has 9 nitrogen and oxygen atoms in total. The monoisotopic (exact) mass is 571 g/mol. The number of nitrogens with one attached hydrogen (secondary N) is 2. The van der Waals surface area contributed by atoms with Crippen molar-refractivity contribution < 1.29 is 9.53 Å². The number of H-pyrrole nitrogens is 1. The number of ether oxygens (including phenoxy) is 1. The molecule has 0 aliphatic carbocycles. The van der Waals surface area contributed by atoms with Crippen LogP contribution in [0.2, 0.25) is 0 Å². The van der Waals surface area contributed by atoms with E-state index in [0.29, 0.717) is 37.1 Å². The third kappa shape index (κ3) is 6.47. The van der Waals surface area contributed by atoms with Crippen LogP contribution in [0.1, 0.15) is 0 Å². The molecule has 0 atom stereocenters. The maximum Gasteiger partial charge on any atom is 0.236 e. The summed E-state index contributed by atoms with van der Waals surface area (Å²) in [5, 5.41) is 12.5. The third-order valence-corrected chi connectivity index (χ3v) is 7.27. The van der Waals surface area contributed by atoms with Crippen LogP contribution in [0, 0.1) is 0 Å². The van der Waals surface area contributed by atoms with Crippen LogP contribution in [0.4, 0.5) is 11.5 Å². The molecule has 6 aromatic rings. The molecule has 0 bridgehead atoms. The van der Waals surface area contributed by atoms with E-state index in [0.717, 1.165) is 44.2 Å². The van der Waals surface area contributed by atoms with Crippen LogP contribution in [0.3, 0.4) is 0 Å². The molecule has 1 amide bonds. The zero-order valence-electron chi connectivity index (χ0n) is 24.4. The van der Waals surface area contributed by atoms with Gasteiger partial charge >= 0.3 is 0 Å². The second-order valence-corrected chi connectivity index (χ2v) is 10.7. The minimum Gasteiger partial charge on any atom is -0.492 e. The molecule has 9 heteroatoms. The van der Waals surface area contributed by atoms with Crippen LogP contribution in [-0.4, -0.2) is 76.7 Å². The van der Waals surface area contributed by atoms with Gasteiger partial charge in [-0.3, -0.25) is 14.8 Å². The fourth-order valence-corrected chi connectivity index (χ4v) is 4.79. The molecule has 0 radical (unpaired) electrons. The second kappa shape index (κ2) is 12.3. The van der Waals surface area contributed by atoms with Crippen molar-refractivity contribution in [1.29, 1.82) is 0 Å². The molecule has 6 rings (SSSR count). The predicted octanol–water partition coefficient (Wildman–Crippen LogP) is 5.98. The number of aromatic amines is 1. The molecule has 0 spiro atoms. The molecular weight excluding hydrogens is 538 g/mol.